The molecule has 3 rings (SSSR count). The predicted octanol–water partition coefficient (Wildman–Crippen LogP) is 2.87. The van der Waals surface area contributed by atoms with Crippen molar-refractivity contribution < 1.29 is 13.2 Å². The Bertz CT molecular complexity index is 1060. The molecular formula is C22H31N5O3S. The minimum absolute atomic E-state index is 0.182. The van der Waals surface area contributed by atoms with Crippen molar-refractivity contribution in [1.29, 1.82) is 0 Å². The number of sulfonamides is 1. The molecule has 2 N–H and O–H groups in total. The molecule has 1 saturated heterocycles. The largest absolute Gasteiger partial charge is 0.273 e. The van der Waals surface area contributed by atoms with Crippen LogP contribution in [0.2, 0.25) is 0 Å². The molecule has 1 aromatic carbocycles. The summed E-state index contributed by atoms with van der Waals surface area (Å²) < 4.78 is 28.3. The molecule has 168 valence electrons. The number of piperidine rings is 1. The third-order valence-electron chi connectivity index (χ3n) is 6.00. The van der Waals surface area contributed by atoms with Gasteiger partial charge in [-0.15, -0.1) is 0 Å². The maximum atomic E-state index is 13.4. The van der Waals surface area contributed by atoms with Crippen LogP contribution in [-0.2, 0) is 14.8 Å². The lowest BCUT2D eigenvalue weighted by Crippen LogP contribution is -2.44. The van der Waals surface area contributed by atoms with Crippen molar-refractivity contribution in [2.45, 2.75) is 59.3 Å². The van der Waals surface area contributed by atoms with E-state index in [2.05, 4.69) is 20.8 Å². The first-order valence-corrected chi connectivity index (χ1v) is 11.9. The monoisotopic (exact) mass is 445 g/mol. The molecule has 0 saturated carbocycles. The highest BCUT2D eigenvalue weighted by molar-refractivity contribution is 7.89. The van der Waals surface area contributed by atoms with E-state index in [1.807, 2.05) is 53.7 Å². The first-order chi connectivity index (χ1) is 14.5. The number of carbonyl (C=O) groups is 1. The van der Waals surface area contributed by atoms with Crippen LogP contribution in [0.5, 0.6) is 0 Å². The Kier molecular flexibility index (Phi) is 6.66. The highest BCUT2D eigenvalue weighted by Gasteiger charge is 2.34. The normalized spacial score (nSPS) is 15.7. The molecule has 1 aromatic heterocycles. The number of benzene rings is 1. The molecule has 0 spiro atoms. The fourth-order valence-corrected chi connectivity index (χ4v) is 6.10. The van der Waals surface area contributed by atoms with Gasteiger partial charge in [0.15, 0.2) is 0 Å². The van der Waals surface area contributed by atoms with Gasteiger partial charge in [-0.3, -0.25) is 15.6 Å². The third kappa shape index (κ3) is 4.88. The predicted molar refractivity (Wildman–Crippen MR) is 120 cm³/mol. The first-order valence-electron chi connectivity index (χ1n) is 10.5. The lowest BCUT2D eigenvalue weighted by atomic mass is 9.98. The molecule has 0 atom stereocenters. The van der Waals surface area contributed by atoms with Gasteiger partial charge in [-0.05, 0) is 82.7 Å². The minimum Gasteiger partial charge on any atom is -0.273 e. The second-order valence-electron chi connectivity index (χ2n) is 8.36. The van der Waals surface area contributed by atoms with E-state index in [1.165, 1.54) is 4.31 Å². The van der Waals surface area contributed by atoms with Crippen molar-refractivity contribution in [1.82, 2.24) is 19.7 Å². The molecule has 0 aliphatic carbocycles. The average Bonchev–Trinajstić information content (AvgIpc) is 2.70. The number of hydrazine groups is 1. The van der Waals surface area contributed by atoms with Gasteiger partial charge in [-0.2, -0.15) is 4.31 Å². The molecule has 1 aliphatic heterocycles. The summed E-state index contributed by atoms with van der Waals surface area (Å²) >= 11 is 0. The summed E-state index contributed by atoms with van der Waals surface area (Å²) in [6, 6.07) is 3.87. The van der Waals surface area contributed by atoms with Gasteiger partial charge in [0.1, 0.15) is 0 Å². The van der Waals surface area contributed by atoms with E-state index in [0.29, 0.717) is 36.8 Å². The van der Waals surface area contributed by atoms with Gasteiger partial charge in [0.2, 0.25) is 21.9 Å². The Morgan fingerprint density at radius 3 is 1.97 bits per heavy atom. The van der Waals surface area contributed by atoms with Crippen molar-refractivity contribution in [2.75, 3.05) is 18.5 Å². The molecule has 1 aliphatic rings. The summed E-state index contributed by atoms with van der Waals surface area (Å²) in [6.45, 7) is 11.9. The molecule has 0 unspecified atom stereocenters. The van der Waals surface area contributed by atoms with Crippen LogP contribution >= 0.6 is 0 Å². The maximum absolute atomic E-state index is 13.4. The molecule has 1 amide bonds. The molecule has 8 nitrogen and oxygen atoms in total. The number of amides is 1. The lowest BCUT2D eigenvalue weighted by Gasteiger charge is -2.31. The SMILES string of the molecule is Cc1cc(C)nc(NNC(=O)C2CCN(S(=O)(=O)c3c(C)c(C)cc(C)c3C)CC2)n1. The van der Waals surface area contributed by atoms with Gasteiger partial charge in [-0.25, -0.2) is 18.4 Å². The molecule has 31 heavy (non-hydrogen) atoms. The van der Waals surface area contributed by atoms with E-state index in [9.17, 15) is 13.2 Å². The summed E-state index contributed by atoms with van der Waals surface area (Å²) in [5.74, 6) is -0.114. The highest BCUT2D eigenvalue weighted by Crippen LogP contribution is 2.31. The molecule has 0 radical (unpaired) electrons. The second-order valence-corrected chi connectivity index (χ2v) is 10.2. The van der Waals surface area contributed by atoms with Crippen molar-refractivity contribution in [3.8, 4) is 0 Å². The van der Waals surface area contributed by atoms with Crippen molar-refractivity contribution in [3.05, 3.63) is 45.8 Å². The zero-order valence-corrected chi connectivity index (χ0v) is 19.9. The molecule has 2 aromatic rings. The van der Waals surface area contributed by atoms with Crippen molar-refractivity contribution in [2.24, 2.45) is 5.92 Å². The standard InChI is InChI=1S/C22H31N5O3S/c1-13-11-14(2)18(6)20(17(13)5)31(29,30)27-9-7-19(8-10-27)21(28)25-26-22-23-15(3)12-16(4)24-22/h11-12,19H,7-10H2,1-6H3,(H,25,28)(H,23,24,26). The van der Waals surface area contributed by atoms with Gasteiger partial charge < -0.3 is 0 Å². The van der Waals surface area contributed by atoms with Crippen LogP contribution in [0.1, 0.15) is 46.5 Å². The van der Waals surface area contributed by atoms with E-state index in [4.69, 9.17) is 0 Å². The van der Waals surface area contributed by atoms with E-state index in [1.54, 1.807) is 0 Å². The lowest BCUT2D eigenvalue weighted by molar-refractivity contribution is -0.125. The molecule has 2 heterocycles. The summed E-state index contributed by atoms with van der Waals surface area (Å²) in [4.78, 5) is 21.4. The van der Waals surface area contributed by atoms with E-state index in [-0.39, 0.29) is 11.8 Å². The van der Waals surface area contributed by atoms with Gasteiger partial charge in [0, 0.05) is 30.4 Å². The number of anilines is 1. The minimum atomic E-state index is -3.62. The van der Waals surface area contributed by atoms with Crippen molar-refractivity contribution >= 4 is 21.9 Å². The molecule has 0 bridgehead atoms. The molecule has 9 heteroatoms. The van der Waals surface area contributed by atoms with E-state index >= 15 is 0 Å². The van der Waals surface area contributed by atoms with Gasteiger partial charge in [-0.1, -0.05) is 6.07 Å². The Hall–Kier alpha value is -2.52. The fourth-order valence-electron chi connectivity index (χ4n) is 4.06. The van der Waals surface area contributed by atoms with Crippen LogP contribution in [0.4, 0.5) is 5.95 Å². The number of hydrogen-bond acceptors (Lipinski definition) is 6. The number of rotatable bonds is 5. The summed E-state index contributed by atoms with van der Waals surface area (Å²) in [5, 5.41) is 0. The second kappa shape index (κ2) is 8.92. The highest BCUT2D eigenvalue weighted by atomic mass is 32.2. The Morgan fingerprint density at radius 2 is 1.45 bits per heavy atom. The maximum Gasteiger partial charge on any atom is 0.243 e. The number of nitrogens with one attached hydrogen (secondary N) is 2. The number of aryl methyl sites for hydroxylation is 4. The van der Waals surface area contributed by atoms with Crippen LogP contribution in [0.15, 0.2) is 17.0 Å². The van der Waals surface area contributed by atoms with Crippen LogP contribution in [0.3, 0.4) is 0 Å². The number of carbonyl (C=O) groups excluding carboxylic acids is 1. The number of nitrogens with zero attached hydrogens (tertiary/aromatic N) is 3. The Labute approximate surface area is 184 Å². The quantitative estimate of drug-likeness (QED) is 0.686. The van der Waals surface area contributed by atoms with Crippen molar-refractivity contribution in [3.63, 3.8) is 0 Å². The summed E-state index contributed by atoms with van der Waals surface area (Å²) in [7, 11) is -3.62. The van der Waals surface area contributed by atoms with Gasteiger partial charge in [0.25, 0.3) is 0 Å². The van der Waals surface area contributed by atoms with Gasteiger partial charge in [0.05, 0.1) is 4.90 Å². The van der Waals surface area contributed by atoms with Crippen LogP contribution in [0.25, 0.3) is 0 Å². The zero-order chi connectivity index (χ0) is 22.9. The van der Waals surface area contributed by atoms with Crippen LogP contribution in [-0.4, -0.2) is 41.7 Å². The fraction of sp³-hybridized carbons (Fsp3) is 0.500. The van der Waals surface area contributed by atoms with Crippen LogP contribution in [0, 0.1) is 47.5 Å². The summed E-state index contributed by atoms with van der Waals surface area (Å²) in [6.07, 6.45) is 0.923. The average molecular weight is 446 g/mol. The Morgan fingerprint density at radius 1 is 0.935 bits per heavy atom. The summed E-state index contributed by atoms with van der Waals surface area (Å²) in [5.41, 5.74) is 10.6. The molecular weight excluding hydrogens is 414 g/mol. The Balaban J connectivity index is 1.66. The topological polar surface area (TPSA) is 104 Å². The molecule has 1 fully saturated rings. The van der Waals surface area contributed by atoms with Gasteiger partial charge >= 0.3 is 0 Å². The zero-order valence-electron chi connectivity index (χ0n) is 19.0. The number of aromatic nitrogens is 2. The third-order valence-corrected chi connectivity index (χ3v) is 8.17. The first kappa shape index (κ1) is 23.1. The van der Waals surface area contributed by atoms with E-state index < -0.39 is 10.0 Å². The smallest absolute Gasteiger partial charge is 0.243 e. The van der Waals surface area contributed by atoms with Crippen LogP contribution < -0.4 is 10.9 Å². The number of hydrogen-bond donors (Lipinski definition) is 2. The van der Waals surface area contributed by atoms with E-state index in [0.717, 1.165) is 33.6 Å².